The first-order valence-corrected chi connectivity index (χ1v) is 13.4. The average Bonchev–Trinajstić information content (AvgIpc) is 3.06. The molecule has 0 aromatic rings. The van der Waals surface area contributed by atoms with Gasteiger partial charge in [0.25, 0.3) is 0 Å². The van der Waals surface area contributed by atoms with Crippen molar-refractivity contribution in [2.24, 2.45) is 46.3 Å². The fraction of sp³-hybridized carbons (Fsp3) is 0.862. The standard InChI is InChI=1S/C29H49N/c1-7-8-17-30-21(4)18-22-13-15-28(5)23(19-22)9-10-24-26-12-11-25(20(2)3)29(26,6)16-14-27(24)28/h9,20,22,24-27,30H,4,7-8,10-19H2,1-3,5-6H3. The quantitative estimate of drug-likeness (QED) is 0.329. The SMILES string of the molecule is C=C(CC1CCC2(C)C(=CCC3C2CCC2(C)C(C(C)C)CCC32)C1)NCCCC. The minimum Gasteiger partial charge on any atom is -0.389 e. The minimum absolute atomic E-state index is 0.494. The first kappa shape index (κ1) is 22.5. The highest BCUT2D eigenvalue weighted by atomic mass is 14.9. The molecule has 0 saturated heterocycles. The van der Waals surface area contributed by atoms with E-state index >= 15 is 0 Å². The van der Waals surface area contributed by atoms with Crippen molar-refractivity contribution in [3.05, 3.63) is 23.9 Å². The highest BCUT2D eigenvalue weighted by Crippen LogP contribution is 2.67. The van der Waals surface area contributed by atoms with Crippen LogP contribution in [0.1, 0.15) is 105 Å². The molecule has 1 N–H and O–H groups in total. The van der Waals surface area contributed by atoms with Crippen molar-refractivity contribution in [1.82, 2.24) is 5.32 Å². The monoisotopic (exact) mass is 411 g/mol. The van der Waals surface area contributed by atoms with Crippen molar-refractivity contribution in [1.29, 1.82) is 0 Å². The second kappa shape index (κ2) is 8.67. The van der Waals surface area contributed by atoms with Crippen molar-refractivity contribution in [2.45, 2.75) is 105 Å². The van der Waals surface area contributed by atoms with Crippen LogP contribution in [-0.4, -0.2) is 6.54 Å². The summed E-state index contributed by atoms with van der Waals surface area (Å²) in [5.41, 5.74) is 4.23. The molecule has 0 amide bonds. The van der Waals surface area contributed by atoms with Crippen LogP contribution in [0.5, 0.6) is 0 Å². The summed E-state index contributed by atoms with van der Waals surface area (Å²) in [4.78, 5) is 0. The molecular formula is C29H49N. The van der Waals surface area contributed by atoms with Gasteiger partial charge in [-0.3, -0.25) is 0 Å². The minimum atomic E-state index is 0.494. The Morgan fingerprint density at radius 3 is 2.67 bits per heavy atom. The lowest BCUT2D eigenvalue weighted by molar-refractivity contribution is -0.0508. The Bertz CT molecular complexity index is 659. The van der Waals surface area contributed by atoms with E-state index in [0.717, 1.165) is 42.1 Å². The van der Waals surface area contributed by atoms with E-state index < -0.39 is 0 Å². The number of hydrogen-bond acceptors (Lipinski definition) is 1. The molecule has 1 heteroatoms. The van der Waals surface area contributed by atoms with Gasteiger partial charge in [0.1, 0.15) is 0 Å². The van der Waals surface area contributed by atoms with Crippen molar-refractivity contribution in [2.75, 3.05) is 6.54 Å². The van der Waals surface area contributed by atoms with Gasteiger partial charge < -0.3 is 5.32 Å². The van der Waals surface area contributed by atoms with Gasteiger partial charge in [-0.25, -0.2) is 0 Å². The molecule has 7 unspecified atom stereocenters. The van der Waals surface area contributed by atoms with Crippen molar-refractivity contribution in [3.8, 4) is 0 Å². The van der Waals surface area contributed by atoms with Crippen LogP contribution in [-0.2, 0) is 0 Å². The molecule has 170 valence electrons. The summed E-state index contributed by atoms with van der Waals surface area (Å²) in [6, 6.07) is 0. The molecule has 1 nitrogen and oxygen atoms in total. The molecule has 0 spiro atoms. The van der Waals surface area contributed by atoms with Gasteiger partial charge in [-0.05, 0) is 111 Å². The van der Waals surface area contributed by atoms with Crippen LogP contribution in [0.2, 0.25) is 0 Å². The van der Waals surface area contributed by atoms with Crippen molar-refractivity contribution < 1.29 is 0 Å². The van der Waals surface area contributed by atoms with Crippen LogP contribution in [0.25, 0.3) is 0 Å². The maximum absolute atomic E-state index is 4.34. The lowest BCUT2D eigenvalue weighted by Crippen LogP contribution is -2.50. The third-order valence-electron chi connectivity index (χ3n) is 10.5. The molecule has 0 aromatic heterocycles. The van der Waals surface area contributed by atoms with E-state index in [9.17, 15) is 0 Å². The summed E-state index contributed by atoms with van der Waals surface area (Å²) in [6.45, 7) is 18.0. The van der Waals surface area contributed by atoms with Gasteiger partial charge in [0.15, 0.2) is 0 Å². The Kier molecular flexibility index (Phi) is 6.49. The summed E-state index contributed by atoms with van der Waals surface area (Å²) in [5.74, 6) is 5.53. The number of nitrogens with one attached hydrogen (secondary N) is 1. The summed E-state index contributed by atoms with van der Waals surface area (Å²) in [5, 5.41) is 3.59. The molecule has 3 saturated carbocycles. The molecule has 3 fully saturated rings. The van der Waals surface area contributed by atoms with E-state index in [2.05, 4.69) is 52.6 Å². The van der Waals surface area contributed by atoms with Gasteiger partial charge in [-0.1, -0.05) is 59.3 Å². The van der Waals surface area contributed by atoms with E-state index in [1.807, 2.05) is 5.57 Å². The zero-order valence-corrected chi connectivity index (χ0v) is 20.7. The maximum Gasteiger partial charge on any atom is 0.0143 e. The molecule has 4 aliphatic rings. The summed E-state index contributed by atoms with van der Waals surface area (Å²) < 4.78 is 0. The Labute approximate surface area is 187 Å². The molecule has 7 atom stereocenters. The van der Waals surface area contributed by atoms with E-state index in [1.165, 1.54) is 76.3 Å². The Morgan fingerprint density at radius 1 is 1.13 bits per heavy atom. The van der Waals surface area contributed by atoms with Crippen molar-refractivity contribution in [3.63, 3.8) is 0 Å². The van der Waals surface area contributed by atoms with E-state index in [1.54, 1.807) is 0 Å². The third-order valence-corrected chi connectivity index (χ3v) is 10.5. The molecular weight excluding hydrogens is 362 g/mol. The fourth-order valence-electron chi connectivity index (χ4n) is 8.91. The second-order valence-corrected chi connectivity index (χ2v) is 12.4. The van der Waals surface area contributed by atoms with Crippen LogP contribution in [0, 0.1) is 46.3 Å². The smallest absolute Gasteiger partial charge is 0.0143 e. The molecule has 0 aliphatic heterocycles. The molecule has 30 heavy (non-hydrogen) atoms. The highest BCUT2D eigenvalue weighted by Gasteiger charge is 2.58. The second-order valence-electron chi connectivity index (χ2n) is 12.4. The molecule has 4 rings (SSSR count). The van der Waals surface area contributed by atoms with Gasteiger partial charge in [-0.15, -0.1) is 0 Å². The van der Waals surface area contributed by atoms with Crippen LogP contribution in [0.15, 0.2) is 23.9 Å². The van der Waals surface area contributed by atoms with Gasteiger partial charge in [-0.2, -0.15) is 0 Å². The Hall–Kier alpha value is -0.720. The van der Waals surface area contributed by atoms with E-state index in [-0.39, 0.29) is 0 Å². The molecule has 4 aliphatic carbocycles. The van der Waals surface area contributed by atoms with Crippen LogP contribution in [0.4, 0.5) is 0 Å². The van der Waals surface area contributed by atoms with Gasteiger partial charge >= 0.3 is 0 Å². The fourth-order valence-corrected chi connectivity index (χ4v) is 8.91. The summed E-state index contributed by atoms with van der Waals surface area (Å²) in [7, 11) is 0. The zero-order chi connectivity index (χ0) is 21.5. The van der Waals surface area contributed by atoms with Gasteiger partial charge in [0, 0.05) is 12.2 Å². The molecule has 0 aromatic carbocycles. The molecule has 0 bridgehead atoms. The Balaban J connectivity index is 1.44. The van der Waals surface area contributed by atoms with Crippen LogP contribution >= 0.6 is 0 Å². The number of hydrogen-bond donors (Lipinski definition) is 1. The zero-order valence-electron chi connectivity index (χ0n) is 20.7. The number of rotatable bonds is 7. The molecule has 0 heterocycles. The predicted octanol–water partition coefficient (Wildman–Crippen LogP) is 8.13. The lowest BCUT2D eigenvalue weighted by atomic mass is 9.46. The van der Waals surface area contributed by atoms with Gasteiger partial charge in [0.05, 0.1) is 0 Å². The topological polar surface area (TPSA) is 12.0 Å². The summed E-state index contributed by atoms with van der Waals surface area (Å²) >= 11 is 0. The first-order chi connectivity index (χ1) is 14.3. The Morgan fingerprint density at radius 2 is 1.93 bits per heavy atom. The number of unbranched alkanes of at least 4 members (excludes halogenated alkanes) is 1. The third kappa shape index (κ3) is 3.81. The van der Waals surface area contributed by atoms with Crippen LogP contribution in [0.3, 0.4) is 0 Å². The average molecular weight is 412 g/mol. The van der Waals surface area contributed by atoms with Crippen molar-refractivity contribution >= 4 is 0 Å². The normalized spacial score (nSPS) is 42.9. The summed E-state index contributed by atoms with van der Waals surface area (Å²) in [6.07, 6.45) is 18.0. The first-order valence-electron chi connectivity index (χ1n) is 13.4. The highest BCUT2D eigenvalue weighted by molar-refractivity contribution is 5.25. The largest absolute Gasteiger partial charge is 0.389 e. The molecule has 0 radical (unpaired) electrons. The van der Waals surface area contributed by atoms with E-state index in [0.29, 0.717) is 10.8 Å². The van der Waals surface area contributed by atoms with Gasteiger partial charge in [0.2, 0.25) is 0 Å². The maximum atomic E-state index is 4.34. The van der Waals surface area contributed by atoms with E-state index in [4.69, 9.17) is 0 Å². The van der Waals surface area contributed by atoms with Crippen LogP contribution < -0.4 is 5.32 Å². The number of fused-ring (bicyclic) bond motifs is 5. The lowest BCUT2D eigenvalue weighted by Gasteiger charge is -2.58. The number of allylic oxidation sites excluding steroid dienone is 3. The predicted molar refractivity (Wildman–Crippen MR) is 130 cm³/mol.